The van der Waals surface area contributed by atoms with Crippen molar-refractivity contribution in [2.75, 3.05) is 11.5 Å². The van der Waals surface area contributed by atoms with E-state index in [1.807, 2.05) is 51.1 Å². The molecule has 9 heteroatoms. The minimum absolute atomic E-state index is 0.210. The second-order valence-electron chi connectivity index (χ2n) is 8.37. The van der Waals surface area contributed by atoms with E-state index in [4.69, 9.17) is 21.1 Å². The second kappa shape index (κ2) is 11.2. The summed E-state index contributed by atoms with van der Waals surface area (Å²) in [5.74, 6) is -0.828. The number of nitrogens with one attached hydrogen (secondary N) is 1. The van der Waals surface area contributed by atoms with Crippen LogP contribution in [0.5, 0.6) is 11.5 Å². The van der Waals surface area contributed by atoms with Crippen molar-refractivity contribution in [3.63, 3.8) is 0 Å². The van der Waals surface area contributed by atoms with E-state index in [9.17, 15) is 14.4 Å². The highest BCUT2D eigenvalue weighted by atomic mass is 79.9. The van der Waals surface area contributed by atoms with E-state index < -0.39 is 17.8 Å². The van der Waals surface area contributed by atoms with Crippen LogP contribution >= 0.6 is 27.5 Å². The Morgan fingerprint density at radius 3 is 2.46 bits per heavy atom. The number of carbonyl (C=O) groups excluding carboxylic acids is 3. The summed E-state index contributed by atoms with van der Waals surface area (Å²) in [6.07, 6.45) is 1.38. The van der Waals surface area contributed by atoms with E-state index in [2.05, 4.69) is 21.2 Å². The van der Waals surface area contributed by atoms with Gasteiger partial charge in [0.2, 0.25) is 0 Å². The summed E-state index contributed by atoms with van der Waals surface area (Å²) in [6.45, 7) is 6.22. The maximum atomic E-state index is 13.3. The zero-order valence-corrected chi connectivity index (χ0v) is 22.8. The number of carbonyl (C=O) groups is 3. The molecule has 1 aliphatic heterocycles. The lowest BCUT2D eigenvalue weighted by Crippen LogP contribution is -2.54. The van der Waals surface area contributed by atoms with Gasteiger partial charge in [0.15, 0.2) is 11.5 Å². The number of hydrogen-bond acceptors (Lipinski definition) is 5. The Hall–Kier alpha value is -3.62. The highest BCUT2D eigenvalue weighted by molar-refractivity contribution is 9.10. The fraction of sp³-hybridized carbons (Fsp3) is 0.179. The summed E-state index contributed by atoms with van der Waals surface area (Å²) >= 11 is 10.0. The summed E-state index contributed by atoms with van der Waals surface area (Å²) in [5.41, 5.74) is 3.45. The Morgan fingerprint density at radius 1 is 1.00 bits per heavy atom. The van der Waals surface area contributed by atoms with Crippen LogP contribution in [0.4, 0.5) is 10.5 Å². The molecule has 0 radical (unpaired) electrons. The second-order valence-corrected chi connectivity index (χ2v) is 9.63. The van der Waals surface area contributed by atoms with Crippen molar-refractivity contribution in [3.8, 4) is 11.5 Å². The number of rotatable bonds is 7. The minimum Gasteiger partial charge on any atom is -0.490 e. The number of hydrogen-bond donors (Lipinski definition) is 1. The monoisotopic (exact) mass is 582 g/mol. The molecule has 190 valence electrons. The summed E-state index contributed by atoms with van der Waals surface area (Å²) in [6, 6.07) is 15.2. The van der Waals surface area contributed by atoms with E-state index in [0.717, 1.165) is 26.1 Å². The van der Waals surface area contributed by atoms with Crippen molar-refractivity contribution in [1.29, 1.82) is 0 Å². The van der Waals surface area contributed by atoms with Gasteiger partial charge in [-0.1, -0.05) is 51.8 Å². The predicted molar refractivity (Wildman–Crippen MR) is 146 cm³/mol. The maximum Gasteiger partial charge on any atom is 0.335 e. The average molecular weight is 584 g/mol. The van der Waals surface area contributed by atoms with Gasteiger partial charge in [0, 0.05) is 10.0 Å². The first kappa shape index (κ1) is 26.4. The molecule has 0 aliphatic carbocycles. The smallest absolute Gasteiger partial charge is 0.335 e. The molecular weight excluding hydrogens is 560 g/mol. The minimum atomic E-state index is -0.806. The molecule has 1 N–H and O–H groups in total. The zero-order valence-electron chi connectivity index (χ0n) is 20.4. The van der Waals surface area contributed by atoms with Crippen LogP contribution in [0.2, 0.25) is 5.02 Å². The van der Waals surface area contributed by atoms with Gasteiger partial charge in [0.05, 0.1) is 17.3 Å². The van der Waals surface area contributed by atoms with Gasteiger partial charge in [0.1, 0.15) is 12.2 Å². The van der Waals surface area contributed by atoms with Crippen molar-refractivity contribution in [1.82, 2.24) is 5.32 Å². The molecule has 4 amide bonds. The van der Waals surface area contributed by atoms with Crippen LogP contribution in [0.25, 0.3) is 6.08 Å². The van der Waals surface area contributed by atoms with Crippen LogP contribution in [0.3, 0.4) is 0 Å². The maximum absolute atomic E-state index is 13.3. The molecular formula is C28H24BrClN2O5. The third kappa shape index (κ3) is 5.70. The summed E-state index contributed by atoms with van der Waals surface area (Å²) < 4.78 is 12.6. The fourth-order valence-electron chi connectivity index (χ4n) is 3.76. The Balaban J connectivity index is 1.67. The Morgan fingerprint density at radius 2 is 1.76 bits per heavy atom. The van der Waals surface area contributed by atoms with Gasteiger partial charge in [-0.25, -0.2) is 9.69 Å². The van der Waals surface area contributed by atoms with E-state index in [0.29, 0.717) is 29.4 Å². The molecule has 0 atom stereocenters. The Bertz CT molecular complexity index is 1440. The van der Waals surface area contributed by atoms with Crippen LogP contribution in [0.15, 0.2) is 64.6 Å². The first-order valence-corrected chi connectivity index (χ1v) is 12.7. The SMILES string of the molecule is CCOc1cc(/C=C2\C(=O)NC(=O)N(c3ccc(C)c(C)c3)C2=O)cc(Cl)c1OCc1ccccc1Br. The van der Waals surface area contributed by atoms with Crippen molar-refractivity contribution in [2.45, 2.75) is 27.4 Å². The number of anilines is 1. The lowest BCUT2D eigenvalue weighted by atomic mass is 10.0. The lowest BCUT2D eigenvalue weighted by Gasteiger charge is -2.27. The molecule has 1 fully saturated rings. The molecule has 1 heterocycles. The Labute approximate surface area is 228 Å². The van der Waals surface area contributed by atoms with E-state index >= 15 is 0 Å². The number of amides is 4. The normalized spacial score (nSPS) is 14.7. The fourth-order valence-corrected chi connectivity index (χ4v) is 4.44. The quantitative estimate of drug-likeness (QED) is 0.258. The van der Waals surface area contributed by atoms with E-state index in [-0.39, 0.29) is 17.2 Å². The van der Waals surface area contributed by atoms with E-state index in [1.165, 1.54) is 6.08 Å². The molecule has 37 heavy (non-hydrogen) atoms. The number of halogens is 2. The summed E-state index contributed by atoms with van der Waals surface area (Å²) in [5, 5.41) is 2.48. The number of benzene rings is 3. The molecule has 7 nitrogen and oxygen atoms in total. The van der Waals surface area contributed by atoms with Gasteiger partial charge < -0.3 is 9.47 Å². The molecule has 0 saturated carbocycles. The van der Waals surface area contributed by atoms with Gasteiger partial charge in [0.25, 0.3) is 11.8 Å². The number of urea groups is 1. The first-order chi connectivity index (χ1) is 17.7. The number of nitrogens with zero attached hydrogens (tertiary/aromatic N) is 1. The molecule has 0 unspecified atom stereocenters. The molecule has 0 bridgehead atoms. The van der Waals surface area contributed by atoms with Crippen molar-refractivity contribution < 1.29 is 23.9 Å². The third-order valence-electron chi connectivity index (χ3n) is 5.82. The third-order valence-corrected chi connectivity index (χ3v) is 6.88. The van der Waals surface area contributed by atoms with Crippen LogP contribution < -0.4 is 19.7 Å². The topological polar surface area (TPSA) is 84.9 Å². The molecule has 1 saturated heterocycles. The average Bonchev–Trinajstić information content (AvgIpc) is 2.84. The molecule has 1 aliphatic rings. The number of imide groups is 2. The molecule has 4 rings (SSSR count). The largest absolute Gasteiger partial charge is 0.490 e. The van der Waals surface area contributed by atoms with Gasteiger partial charge in [-0.05, 0) is 73.9 Å². The zero-order chi connectivity index (χ0) is 26.7. The van der Waals surface area contributed by atoms with Crippen LogP contribution in [0.1, 0.15) is 29.2 Å². The molecule has 0 spiro atoms. The Kier molecular flexibility index (Phi) is 8.00. The molecule has 3 aromatic rings. The van der Waals surface area contributed by atoms with Gasteiger partial charge >= 0.3 is 6.03 Å². The van der Waals surface area contributed by atoms with Crippen molar-refractivity contribution >= 4 is 57.1 Å². The highest BCUT2D eigenvalue weighted by Crippen LogP contribution is 2.38. The first-order valence-electron chi connectivity index (χ1n) is 11.5. The number of aryl methyl sites for hydroxylation is 2. The van der Waals surface area contributed by atoms with Crippen LogP contribution in [-0.4, -0.2) is 24.5 Å². The lowest BCUT2D eigenvalue weighted by molar-refractivity contribution is -0.122. The van der Waals surface area contributed by atoms with E-state index in [1.54, 1.807) is 24.3 Å². The van der Waals surface area contributed by atoms with Crippen molar-refractivity contribution in [3.05, 3.63) is 91.9 Å². The molecule has 0 aromatic heterocycles. The standard InChI is InChI=1S/C28H24BrClN2O5/c1-4-36-24-14-18(13-23(30)25(24)37-15-19-7-5-6-8-22(19)29)12-21-26(33)31-28(35)32(27(21)34)20-10-9-16(2)17(3)11-20/h5-14H,4,15H2,1-3H3,(H,31,33,35)/b21-12+. The number of ether oxygens (including phenoxy) is 2. The van der Waals surface area contributed by atoms with Gasteiger partial charge in [-0.3, -0.25) is 14.9 Å². The van der Waals surface area contributed by atoms with Crippen LogP contribution in [0, 0.1) is 13.8 Å². The van der Waals surface area contributed by atoms with Gasteiger partial charge in [-0.2, -0.15) is 0 Å². The number of barbiturate groups is 1. The predicted octanol–water partition coefficient (Wildman–Crippen LogP) is 6.36. The summed E-state index contributed by atoms with van der Waals surface area (Å²) in [7, 11) is 0. The summed E-state index contributed by atoms with van der Waals surface area (Å²) in [4.78, 5) is 39.4. The highest BCUT2D eigenvalue weighted by Gasteiger charge is 2.37. The van der Waals surface area contributed by atoms with Crippen LogP contribution in [-0.2, 0) is 16.2 Å². The van der Waals surface area contributed by atoms with Gasteiger partial charge in [-0.15, -0.1) is 0 Å². The van der Waals surface area contributed by atoms with Crippen molar-refractivity contribution in [2.24, 2.45) is 0 Å². The molecule has 3 aromatic carbocycles.